The molecule has 32 heavy (non-hydrogen) atoms. The zero-order valence-electron chi connectivity index (χ0n) is 18.8. The average Bonchev–Trinajstić information content (AvgIpc) is 3.25. The van der Waals surface area contributed by atoms with Gasteiger partial charge in [0.25, 0.3) is 5.91 Å². The summed E-state index contributed by atoms with van der Waals surface area (Å²) < 4.78 is 16.5. The van der Waals surface area contributed by atoms with E-state index in [1.807, 2.05) is 24.3 Å². The van der Waals surface area contributed by atoms with E-state index in [-0.39, 0.29) is 12.5 Å². The van der Waals surface area contributed by atoms with Crippen molar-refractivity contribution >= 4 is 5.91 Å². The molecule has 0 aliphatic rings. The number of para-hydroxylation sites is 1. The lowest BCUT2D eigenvalue weighted by Gasteiger charge is -2.19. The Labute approximate surface area is 188 Å². The van der Waals surface area contributed by atoms with Gasteiger partial charge in [-0.15, -0.1) is 0 Å². The third-order valence-corrected chi connectivity index (χ3v) is 5.03. The van der Waals surface area contributed by atoms with Gasteiger partial charge in [0.15, 0.2) is 6.61 Å². The Morgan fingerprint density at radius 3 is 2.50 bits per heavy atom. The zero-order valence-corrected chi connectivity index (χ0v) is 18.8. The Morgan fingerprint density at radius 2 is 1.81 bits per heavy atom. The zero-order chi connectivity index (χ0) is 22.8. The topological polar surface area (TPSA) is 89.7 Å². The third-order valence-electron chi connectivity index (χ3n) is 5.03. The molecular formula is C24H30N4O4. The van der Waals surface area contributed by atoms with Crippen molar-refractivity contribution in [3.63, 3.8) is 0 Å². The lowest BCUT2D eigenvalue weighted by atomic mass is 10.1. The highest BCUT2D eigenvalue weighted by molar-refractivity contribution is 5.94. The monoisotopic (exact) mass is 438 g/mol. The normalized spacial score (nSPS) is 10.9. The number of nitrogens with zero attached hydrogens (tertiary/aromatic N) is 3. The Bertz CT molecular complexity index is 984. The number of carbonyl (C=O) groups is 1. The van der Waals surface area contributed by atoms with Crippen LogP contribution in [0.2, 0.25) is 0 Å². The van der Waals surface area contributed by atoms with Gasteiger partial charge in [-0.25, -0.2) is 0 Å². The maximum Gasteiger partial charge on any atom is 0.251 e. The summed E-state index contributed by atoms with van der Waals surface area (Å²) in [6.45, 7) is 10.1. The van der Waals surface area contributed by atoms with Crippen molar-refractivity contribution in [2.45, 2.75) is 33.9 Å². The predicted molar refractivity (Wildman–Crippen MR) is 121 cm³/mol. The smallest absolute Gasteiger partial charge is 0.251 e. The van der Waals surface area contributed by atoms with E-state index in [2.05, 4.69) is 34.2 Å². The summed E-state index contributed by atoms with van der Waals surface area (Å²) in [7, 11) is 0. The number of benzene rings is 2. The highest BCUT2D eigenvalue weighted by atomic mass is 16.5. The van der Waals surface area contributed by atoms with E-state index in [1.54, 1.807) is 31.2 Å². The van der Waals surface area contributed by atoms with Gasteiger partial charge in [0.2, 0.25) is 11.7 Å². The first-order valence-electron chi connectivity index (χ1n) is 10.8. The second-order valence-corrected chi connectivity index (χ2v) is 7.21. The van der Waals surface area contributed by atoms with Crippen molar-refractivity contribution in [2.24, 2.45) is 0 Å². The van der Waals surface area contributed by atoms with E-state index in [4.69, 9.17) is 14.0 Å². The van der Waals surface area contributed by atoms with Crippen LogP contribution in [0.4, 0.5) is 0 Å². The lowest BCUT2D eigenvalue weighted by Crippen LogP contribution is -2.28. The van der Waals surface area contributed by atoms with Gasteiger partial charge in [0.05, 0.1) is 0 Å². The molecule has 0 spiro atoms. The first-order chi connectivity index (χ1) is 15.6. The molecule has 1 aromatic heterocycles. The van der Waals surface area contributed by atoms with Crippen molar-refractivity contribution < 1.29 is 18.8 Å². The molecule has 1 N–H and O–H groups in total. The number of aromatic nitrogens is 2. The lowest BCUT2D eigenvalue weighted by molar-refractivity contribution is 0.0950. The molecular weight excluding hydrogens is 408 g/mol. The minimum atomic E-state index is -0.164. The fraction of sp³-hybridized carbons (Fsp3) is 0.375. The molecule has 0 aliphatic heterocycles. The number of carbonyl (C=O) groups excluding carboxylic acids is 1. The van der Waals surface area contributed by atoms with Gasteiger partial charge >= 0.3 is 0 Å². The van der Waals surface area contributed by atoms with E-state index < -0.39 is 0 Å². The molecule has 3 aromatic rings. The van der Waals surface area contributed by atoms with Crippen LogP contribution in [0.15, 0.2) is 53.1 Å². The van der Waals surface area contributed by atoms with Crippen LogP contribution in [-0.2, 0) is 13.2 Å². The summed E-state index contributed by atoms with van der Waals surface area (Å²) in [5, 5.41) is 6.74. The van der Waals surface area contributed by atoms with Gasteiger partial charge in [-0.1, -0.05) is 37.2 Å². The predicted octanol–water partition coefficient (Wildman–Crippen LogP) is 3.61. The number of rotatable bonds is 12. The Kier molecular flexibility index (Phi) is 8.62. The van der Waals surface area contributed by atoms with Gasteiger partial charge in [-0.2, -0.15) is 4.98 Å². The summed E-state index contributed by atoms with van der Waals surface area (Å²) in [5.41, 5.74) is 1.49. The summed E-state index contributed by atoms with van der Waals surface area (Å²) in [5.74, 6) is 2.22. The Hall–Kier alpha value is -3.39. The minimum absolute atomic E-state index is 0.164. The fourth-order valence-corrected chi connectivity index (χ4v) is 3.14. The van der Waals surface area contributed by atoms with Gasteiger partial charge in [0, 0.05) is 31.1 Å². The highest BCUT2D eigenvalue weighted by Crippen LogP contribution is 2.18. The molecule has 0 fully saturated rings. The molecule has 8 nitrogen and oxygen atoms in total. The fourth-order valence-electron chi connectivity index (χ4n) is 3.14. The number of likely N-dealkylation sites (N-methyl/N-ethyl adjacent to an activating group) is 1. The first-order valence-corrected chi connectivity index (χ1v) is 10.8. The molecule has 0 radical (unpaired) electrons. The van der Waals surface area contributed by atoms with Crippen LogP contribution in [-0.4, -0.2) is 47.2 Å². The third kappa shape index (κ3) is 6.81. The number of aryl methyl sites for hydroxylation is 1. The number of amides is 1. The maximum atomic E-state index is 12.6. The molecule has 2 aromatic carbocycles. The van der Waals surface area contributed by atoms with Crippen molar-refractivity contribution in [3.05, 3.63) is 71.4 Å². The van der Waals surface area contributed by atoms with E-state index in [9.17, 15) is 4.79 Å². The first kappa shape index (κ1) is 23.3. The van der Waals surface area contributed by atoms with Crippen LogP contribution in [0.5, 0.6) is 11.5 Å². The molecule has 0 saturated heterocycles. The van der Waals surface area contributed by atoms with Crippen molar-refractivity contribution in [1.82, 2.24) is 20.4 Å². The maximum absolute atomic E-state index is 12.6. The molecule has 0 aliphatic carbocycles. The standard InChI is InChI=1S/C24H30N4O4/c1-4-28(5-2)14-15-30-22-9-7-6-8-20(22)16-25-24(29)19-10-12-21(13-11-19)31-17-23-26-18(3)32-27-23/h6-13H,4-5,14-17H2,1-3H3,(H,25,29). The summed E-state index contributed by atoms with van der Waals surface area (Å²) in [6.07, 6.45) is 0. The minimum Gasteiger partial charge on any atom is -0.492 e. The van der Waals surface area contributed by atoms with Crippen LogP contribution in [0.1, 0.15) is 41.5 Å². The van der Waals surface area contributed by atoms with Crippen molar-refractivity contribution in [1.29, 1.82) is 0 Å². The van der Waals surface area contributed by atoms with Gasteiger partial charge < -0.3 is 24.2 Å². The molecule has 1 heterocycles. The van der Waals surface area contributed by atoms with Crippen LogP contribution < -0.4 is 14.8 Å². The van der Waals surface area contributed by atoms with Gasteiger partial charge in [0.1, 0.15) is 18.1 Å². The van der Waals surface area contributed by atoms with Crippen molar-refractivity contribution in [2.75, 3.05) is 26.2 Å². The number of ether oxygens (including phenoxy) is 2. The van der Waals surface area contributed by atoms with E-state index >= 15 is 0 Å². The average molecular weight is 439 g/mol. The molecule has 0 saturated carbocycles. The largest absolute Gasteiger partial charge is 0.492 e. The number of hydrogen-bond donors (Lipinski definition) is 1. The van der Waals surface area contributed by atoms with Crippen LogP contribution in [0.3, 0.4) is 0 Å². The van der Waals surface area contributed by atoms with Gasteiger partial charge in [-0.3, -0.25) is 4.79 Å². The van der Waals surface area contributed by atoms with Gasteiger partial charge in [-0.05, 0) is 43.4 Å². The number of nitrogens with one attached hydrogen (secondary N) is 1. The van der Waals surface area contributed by atoms with Crippen molar-refractivity contribution in [3.8, 4) is 11.5 Å². The SMILES string of the molecule is CCN(CC)CCOc1ccccc1CNC(=O)c1ccc(OCc2noc(C)n2)cc1. The molecule has 8 heteroatoms. The Morgan fingerprint density at radius 1 is 1.06 bits per heavy atom. The molecule has 0 atom stereocenters. The second-order valence-electron chi connectivity index (χ2n) is 7.21. The Balaban J connectivity index is 1.49. The molecule has 1 amide bonds. The van der Waals surface area contributed by atoms with E-state index in [0.29, 0.717) is 36.2 Å². The number of hydrogen-bond acceptors (Lipinski definition) is 7. The molecule has 0 unspecified atom stereocenters. The van der Waals surface area contributed by atoms with Crippen LogP contribution >= 0.6 is 0 Å². The summed E-state index contributed by atoms with van der Waals surface area (Å²) in [4.78, 5) is 19.0. The molecule has 0 bridgehead atoms. The highest BCUT2D eigenvalue weighted by Gasteiger charge is 2.10. The van der Waals surface area contributed by atoms with E-state index in [0.717, 1.165) is 30.9 Å². The second kappa shape index (κ2) is 11.9. The van der Waals surface area contributed by atoms with Crippen LogP contribution in [0, 0.1) is 6.92 Å². The summed E-state index contributed by atoms with van der Waals surface area (Å²) in [6, 6.07) is 14.7. The molecule has 170 valence electrons. The quantitative estimate of drug-likeness (QED) is 0.462. The van der Waals surface area contributed by atoms with Crippen LogP contribution in [0.25, 0.3) is 0 Å². The summed E-state index contributed by atoms with van der Waals surface area (Å²) >= 11 is 0. The van der Waals surface area contributed by atoms with E-state index in [1.165, 1.54) is 0 Å². The molecule has 3 rings (SSSR count).